The van der Waals surface area contributed by atoms with Gasteiger partial charge in [-0.3, -0.25) is 9.88 Å². The van der Waals surface area contributed by atoms with Crippen LogP contribution in [0.4, 0.5) is 0 Å². The number of rotatable bonds is 4. The zero-order chi connectivity index (χ0) is 16.9. The summed E-state index contributed by atoms with van der Waals surface area (Å²) in [5.74, 6) is 1.64. The van der Waals surface area contributed by atoms with Crippen molar-refractivity contribution >= 4 is 0 Å². The molecule has 1 saturated heterocycles. The largest absolute Gasteiger partial charge is 0.290 e. The summed E-state index contributed by atoms with van der Waals surface area (Å²) in [5.41, 5.74) is 2.42. The zero-order valence-corrected chi connectivity index (χ0v) is 15.0. The van der Waals surface area contributed by atoms with Crippen molar-refractivity contribution in [3.8, 4) is 0 Å². The lowest BCUT2D eigenvalue weighted by molar-refractivity contribution is 0.137. The van der Waals surface area contributed by atoms with Gasteiger partial charge in [0.15, 0.2) is 0 Å². The van der Waals surface area contributed by atoms with E-state index in [1.807, 2.05) is 12.3 Å². The maximum absolute atomic E-state index is 4.71. The molecule has 4 rings (SSSR count). The maximum atomic E-state index is 4.71. The van der Waals surface area contributed by atoms with Crippen molar-refractivity contribution in [3.63, 3.8) is 0 Å². The number of nitrogens with zero attached hydrogens (tertiary/aromatic N) is 4. The third-order valence-corrected chi connectivity index (χ3v) is 5.72. The molecule has 0 radical (unpaired) electrons. The first-order valence-electron chi connectivity index (χ1n) is 9.86. The fourth-order valence-corrected chi connectivity index (χ4v) is 4.34. The summed E-state index contributed by atoms with van der Waals surface area (Å²) in [7, 11) is 0. The van der Waals surface area contributed by atoms with Gasteiger partial charge in [-0.1, -0.05) is 31.7 Å². The van der Waals surface area contributed by atoms with Gasteiger partial charge in [0.2, 0.25) is 0 Å². The van der Waals surface area contributed by atoms with E-state index < -0.39 is 0 Å². The SMILES string of the molecule is c1ccc(C2CCCCN2Cc2cnc(C3CCCCC3)nc2)nc1. The Labute approximate surface area is 150 Å². The van der Waals surface area contributed by atoms with E-state index in [0.29, 0.717) is 12.0 Å². The second kappa shape index (κ2) is 8.05. The van der Waals surface area contributed by atoms with Crippen molar-refractivity contribution in [2.75, 3.05) is 6.54 Å². The number of hydrogen-bond donors (Lipinski definition) is 0. The molecule has 1 aliphatic carbocycles. The van der Waals surface area contributed by atoms with Crippen molar-refractivity contribution in [1.82, 2.24) is 19.9 Å². The number of aromatic nitrogens is 3. The topological polar surface area (TPSA) is 41.9 Å². The highest BCUT2D eigenvalue weighted by Gasteiger charge is 2.25. The van der Waals surface area contributed by atoms with E-state index in [1.165, 1.54) is 62.6 Å². The molecule has 0 amide bonds. The molecule has 3 heterocycles. The third kappa shape index (κ3) is 4.06. The monoisotopic (exact) mass is 336 g/mol. The molecular formula is C21H28N4. The van der Waals surface area contributed by atoms with Crippen LogP contribution < -0.4 is 0 Å². The smallest absolute Gasteiger partial charge is 0.131 e. The average Bonchev–Trinajstić information content (AvgIpc) is 2.70. The average molecular weight is 336 g/mol. The molecule has 2 aromatic heterocycles. The lowest BCUT2D eigenvalue weighted by atomic mass is 9.89. The summed E-state index contributed by atoms with van der Waals surface area (Å²) < 4.78 is 0. The molecule has 2 aromatic rings. The molecule has 2 fully saturated rings. The molecule has 0 spiro atoms. The molecule has 4 heteroatoms. The van der Waals surface area contributed by atoms with Gasteiger partial charge in [0, 0.05) is 36.6 Å². The first-order valence-corrected chi connectivity index (χ1v) is 9.86. The maximum Gasteiger partial charge on any atom is 0.131 e. The fraction of sp³-hybridized carbons (Fsp3) is 0.571. The Morgan fingerprint density at radius 2 is 1.68 bits per heavy atom. The van der Waals surface area contributed by atoms with E-state index >= 15 is 0 Å². The van der Waals surface area contributed by atoms with Crippen molar-refractivity contribution in [2.45, 2.75) is 69.9 Å². The van der Waals surface area contributed by atoms with Gasteiger partial charge in [-0.05, 0) is 44.4 Å². The number of piperidine rings is 1. The van der Waals surface area contributed by atoms with Crippen LogP contribution in [0, 0.1) is 0 Å². The molecule has 2 aliphatic rings. The van der Waals surface area contributed by atoms with Crippen molar-refractivity contribution < 1.29 is 0 Å². The van der Waals surface area contributed by atoms with E-state index in [9.17, 15) is 0 Å². The molecular weight excluding hydrogens is 308 g/mol. The van der Waals surface area contributed by atoms with Crippen LogP contribution >= 0.6 is 0 Å². The summed E-state index contributed by atoms with van der Waals surface area (Å²) in [6.45, 7) is 2.05. The Bertz CT molecular complexity index is 649. The van der Waals surface area contributed by atoms with Crippen LogP contribution in [0.2, 0.25) is 0 Å². The molecule has 1 atom stereocenters. The number of hydrogen-bond acceptors (Lipinski definition) is 4. The Morgan fingerprint density at radius 1 is 0.880 bits per heavy atom. The highest BCUT2D eigenvalue weighted by molar-refractivity contribution is 5.12. The van der Waals surface area contributed by atoms with Gasteiger partial charge in [0.1, 0.15) is 5.82 Å². The van der Waals surface area contributed by atoms with Crippen LogP contribution in [0.25, 0.3) is 0 Å². The van der Waals surface area contributed by atoms with Gasteiger partial charge >= 0.3 is 0 Å². The molecule has 4 nitrogen and oxygen atoms in total. The molecule has 0 aromatic carbocycles. The van der Waals surface area contributed by atoms with Crippen LogP contribution in [-0.2, 0) is 6.54 Å². The second-order valence-electron chi connectivity index (χ2n) is 7.52. The van der Waals surface area contributed by atoms with Crippen LogP contribution in [0.3, 0.4) is 0 Å². The summed E-state index contributed by atoms with van der Waals surface area (Å²) in [6, 6.07) is 6.67. The first kappa shape index (κ1) is 16.6. The molecule has 1 unspecified atom stereocenters. The predicted octanol–water partition coefficient (Wildman–Crippen LogP) is 4.65. The standard InChI is InChI=1S/C21H28N4/c1-2-8-18(9-3-1)21-23-14-17(15-24-21)16-25-13-7-5-11-20(25)19-10-4-6-12-22-19/h4,6,10,12,14-15,18,20H,1-3,5,7-9,11,13,16H2. The normalized spacial score (nSPS) is 22.8. The highest BCUT2D eigenvalue weighted by atomic mass is 15.2. The summed E-state index contributed by atoms with van der Waals surface area (Å²) >= 11 is 0. The second-order valence-corrected chi connectivity index (χ2v) is 7.52. The van der Waals surface area contributed by atoms with Gasteiger partial charge in [0.25, 0.3) is 0 Å². The lowest BCUT2D eigenvalue weighted by Crippen LogP contribution is -2.33. The summed E-state index contributed by atoms with van der Waals surface area (Å²) in [6.07, 6.45) is 16.3. The molecule has 1 aliphatic heterocycles. The Hall–Kier alpha value is -1.81. The highest BCUT2D eigenvalue weighted by Crippen LogP contribution is 2.32. The third-order valence-electron chi connectivity index (χ3n) is 5.72. The molecule has 25 heavy (non-hydrogen) atoms. The Kier molecular flexibility index (Phi) is 5.36. The van der Waals surface area contributed by atoms with Crippen molar-refractivity contribution in [1.29, 1.82) is 0 Å². The van der Waals surface area contributed by atoms with E-state index in [-0.39, 0.29) is 0 Å². The summed E-state index contributed by atoms with van der Waals surface area (Å²) in [5, 5.41) is 0. The van der Waals surface area contributed by atoms with E-state index in [1.54, 1.807) is 0 Å². The lowest BCUT2D eigenvalue weighted by Gasteiger charge is -2.35. The van der Waals surface area contributed by atoms with E-state index in [4.69, 9.17) is 9.97 Å². The van der Waals surface area contributed by atoms with Gasteiger partial charge in [-0.2, -0.15) is 0 Å². The van der Waals surface area contributed by atoms with E-state index in [2.05, 4.69) is 34.4 Å². The fourth-order valence-electron chi connectivity index (χ4n) is 4.34. The zero-order valence-electron chi connectivity index (χ0n) is 15.0. The molecule has 0 N–H and O–H groups in total. The number of pyridine rings is 1. The minimum absolute atomic E-state index is 0.424. The predicted molar refractivity (Wildman–Crippen MR) is 99.1 cm³/mol. The number of likely N-dealkylation sites (tertiary alicyclic amines) is 1. The van der Waals surface area contributed by atoms with Crippen LogP contribution in [0.15, 0.2) is 36.8 Å². The molecule has 132 valence electrons. The first-order chi connectivity index (χ1) is 12.4. The van der Waals surface area contributed by atoms with E-state index in [0.717, 1.165) is 18.9 Å². The van der Waals surface area contributed by atoms with Crippen molar-refractivity contribution in [2.24, 2.45) is 0 Å². The van der Waals surface area contributed by atoms with Crippen molar-refractivity contribution in [3.05, 3.63) is 53.9 Å². The minimum Gasteiger partial charge on any atom is -0.290 e. The Balaban J connectivity index is 1.44. The van der Waals surface area contributed by atoms with Gasteiger partial charge < -0.3 is 0 Å². The molecule has 0 bridgehead atoms. The van der Waals surface area contributed by atoms with Gasteiger partial charge in [-0.25, -0.2) is 9.97 Å². The quantitative estimate of drug-likeness (QED) is 0.815. The Morgan fingerprint density at radius 3 is 2.44 bits per heavy atom. The molecule has 1 saturated carbocycles. The summed E-state index contributed by atoms with van der Waals surface area (Å²) in [4.78, 5) is 16.6. The van der Waals surface area contributed by atoms with Crippen LogP contribution in [0.1, 0.15) is 80.4 Å². The van der Waals surface area contributed by atoms with Gasteiger partial charge in [0.05, 0.1) is 11.7 Å². The van der Waals surface area contributed by atoms with Crippen LogP contribution in [-0.4, -0.2) is 26.4 Å². The van der Waals surface area contributed by atoms with Crippen LogP contribution in [0.5, 0.6) is 0 Å². The van der Waals surface area contributed by atoms with Gasteiger partial charge in [-0.15, -0.1) is 0 Å². The minimum atomic E-state index is 0.424.